The van der Waals surface area contributed by atoms with Crippen LogP contribution in [0.5, 0.6) is 5.75 Å². The predicted octanol–water partition coefficient (Wildman–Crippen LogP) is 6.34. The van der Waals surface area contributed by atoms with E-state index in [4.69, 9.17) is 21.3 Å². The Morgan fingerprint density at radius 2 is 1.69 bits per heavy atom. The lowest BCUT2D eigenvalue weighted by Gasteiger charge is -2.18. The van der Waals surface area contributed by atoms with Crippen LogP contribution in [0.25, 0.3) is 22.3 Å². The predicted molar refractivity (Wildman–Crippen MR) is 159 cm³/mol. The zero-order valence-corrected chi connectivity index (χ0v) is 24.0. The van der Waals surface area contributed by atoms with Gasteiger partial charge in [0.25, 0.3) is 5.91 Å². The first-order valence-electron chi connectivity index (χ1n) is 12.1. The molecule has 0 saturated heterocycles. The summed E-state index contributed by atoms with van der Waals surface area (Å²) in [5, 5.41) is 10.1. The zero-order valence-electron chi connectivity index (χ0n) is 22.4. The molecule has 3 aromatic carbocycles. The van der Waals surface area contributed by atoms with Gasteiger partial charge >= 0.3 is 0 Å². The highest BCUT2D eigenvalue weighted by Gasteiger charge is 2.21. The van der Waals surface area contributed by atoms with Gasteiger partial charge in [-0.1, -0.05) is 38.4 Å². The molecule has 0 aliphatic carbocycles. The van der Waals surface area contributed by atoms with Crippen molar-refractivity contribution >= 4 is 58.2 Å². The molecule has 39 heavy (non-hydrogen) atoms. The minimum absolute atomic E-state index is 0. The van der Waals surface area contributed by atoms with E-state index < -0.39 is 5.41 Å². The Balaban J connectivity index is 0.00000420. The molecule has 0 atom stereocenters. The highest BCUT2D eigenvalue weighted by atomic mass is 35.5. The molecule has 3 N–H and O–H groups in total. The van der Waals surface area contributed by atoms with Gasteiger partial charge in [0.2, 0.25) is 5.91 Å². The van der Waals surface area contributed by atoms with E-state index in [9.17, 15) is 9.59 Å². The van der Waals surface area contributed by atoms with Gasteiger partial charge in [-0.15, -0.1) is 12.4 Å². The van der Waals surface area contributed by atoms with E-state index in [0.717, 1.165) is 22.3 Å². The fourth-order valence-corrected chi connectivity index (χ4v) is 3.97. The van der Waals surface area contributed by atoms with Crippen molar-refractivity contribution in [3.8, 4) is 17.1 Å². The Labute approximate surface area is 238 Å². The molecule has 4 rings (SSSR count). The van der Waals surface area contributed by atoms with Crippen LogP contribution in [-0.4, -0.2) is 35.9 Å². The number of benzene rings is 3. The minimum atomic E-state index is -0.507. The molecule has 10 heteroatoms. The van der Waals surface area contributed by atoms with E-state index in [1.807, 2.05) is 51.1 Å². The van der Waals surface area contributed by atoms with Gasteiger partial charge < -0.3 is 20.7 Å². The number of methoxy groups -OCH3 is 1. The average molecular weight is 569 g/mol. The lowest BCUT2D eigenvalue weighted by molar-refractivity contribution is -0.128. The maximum absolute atomic E-state index is 13.2. The van der Waals surface area contributed by atoms with Gasteiger partial charge in [0, 0.05) is 35.6 Å². The Morgan fingerprint density at radius 3 is 2.33 bits per heavy atom. The number of rotatable bonds is 7. The molecule has 0 aliphatic rings. The number of ether oxygens (including phenoxy) is 1. The summed E-state index contributed by atoms with van der Waals surface area (Å²) >= 11 is 6.35. The Kier molecular flexibility index (Phi) is 9.37. The van der Waals surface area contributed by atoms with Crippen molar-refractivity contribution in [1.82, 2.24) is 15.3 Å². The summed E-state index contributed by atoms with van der Waals surface area (Å²) in [6.07, 6.45) is 0. The monoisotopic (exact) mass is 567 g/mol. The van der Waals surface area contributed by atoms with Crippen LogP contribution in [-0.2, 0) is 11.3 Å². The fourth-order valence-electron chi connectivity index (χ4n) is 3.77. The molecule has 0 fully saturated rings. The summed E-state index contributed by atoms with van der Waals surface area (Å²) in [5.41, 5.74) is 2.63. The van der Waals surface area contributed by atoms with Crippen molar-refractivity contribution in [2.45, 2.75) is 27.3 Å². The number of hydrogen-bond acceptors (Lipinski definition) is 6. The van der Waals surface area contributed by atoms with Gasteiger partial charge in [0.1, 0.15) is 11.6 Å². The smallest absolute Gasteiger partial charge is 0.257 e. The molecule has 0 saturated carbocycles. The third-order valence-corrected chi connectivity index (χ3v) is 6.28. The van der Waals surface area contributed by atoms with Gasteiger partial charge in [-0.3, -0.25) is 9.59 Å². The van der Waals surface area contributed by atoms with Crippen LogP contribution in [0.4, 0.5) is 11.5 Å². The van der Waals surface area contributed by atoms with Crippen molar-refractivity contribution in [2.75, 3.05) is 24.8 Å². The Hall–Kier alpha value is -3.88. The van der Waals surface area contributed by atoms with Crippen LogP contribution in [0.2, 0.25) is 5.02 Å². The van der Waals surface area contributed by atoms with Gasteiger partial charge in [-0.25, -0.2) is 9.97 Å². The number of fused-ring (bicyclic) bond motifs is 1. The Morgan fingerprint density at radius 1 is 0.974 bits per heavy atom. The second kappa shape index (κ2) is 12.3. The molecule has 1 heterocycles. The van der Waals surface area contributed by atoms with Gasteiger partial charge in [-0.2, -0.15) is 0 Å². The van der Waals surface area contributed by atoms with Crippen LogP contribution < -0.4 is 20.7 Å². The molecule has 0 spiro atoms. The summed E-state index contributed by atoms with van der Waals surface area (Å²) in [6, 6.07) is 18.1. The van der Waals surface area contributed by atoms with Crippen LogP contribution in [0.15, 0.2) is 60.7 Å². The molecular weight excluding hydrogens is 537 g/mol. The number of anilines is 2. The molecule has 0 unspecified atom stereocenters. The summed E-state index contributed by atoms with van der Waals surface area (Å²) in [7, 11) is 3.42. The molecule has 0 radical (unpaired) electrons. The van der Waals surface area contributed by atoms with E-state index in [2.05, 4.69) is 20.9 Å². The number of halogens is 2. The third kappa shape index (κ3) is 6.96. The molecule has 4 aromatic rings. The van der Waals surface area contributed by atoms with E-state index in [-0.39, 0.29) is 24.2 Å². The third-order valence-electron chi connectivity index (χ3n) is 5.95. The number of hydrogen-bond donors (Lipinski definition) is 3. The number of aromatic nitrogens is 2. The SMILES string of the molecule is CNc1nc(-c2ccc(OC)cc2)nc2cc(NC(=O)c3cc(CNC(=O)C(C)(C)C)ccc3Cl)ccc12.Cl. The number of amides is 2. The standard InChI is InChI=1S/C29H30ClN5O3.ClH/c1-29(2,3)28(37)32-16-17-6-13-23(30)22(14-17)27(36)33-19-9-12-21-24(15-19)34-25(35-26(21)31-4)18-7-10-20(38-5)11-8-18;/h6-15H,16H2,1-5H3,(H,32,37)(H,33,36)(H,31,34,35);1H. The zero-order chi connectivity index (χ0) is 27.4. The lowest BCUT2D eigenvalue weighted by atomic mass is 9.95. The number of nitrogens with zero attached hydrogens (tertiary/aromatic N) is 2. The van der Waals surface area contributed by atoms with Gasteiger partial charge in [-0.05, 0) is 60.2 Å². The normalized spacial score (nSPS) is 10.9. The first kappa shape index (κ1) is 29.7. The minimum Gasteiger partial charge on any atom is -0.497 e. The van der Waals surface area contributed by atoms with Gasteiger partial charge in [0.15, 0.2) is 5.82 Å². The largest absolute Gasteiger partial charge is 0.497 e. The fraction of sp³-hybridized carbons (Fsp3) is 0.241. The molecule has 2 amide bonds. The molecule has 204 valence electrons. The van der Waals surface area contributed by atoms with E-state index in [1.54, 1.807) is 44.5 Å². The average Bonchev–Trinajstić information content (AvgIpc) is 2.91. The second-order valence-corrected chi connectivity index (χ2v) is 10.2. The van der Waals surface area contributed by atoms with E-state index in [1.165, 1.54) is 0 Å². The molecular formula is C29H31Cl2N5O3. The lowest BCUT2D eigenvalue weighted by Crippen LogP contribution is -2.34. The second-order valence-electron chi connectivity index (χ2n) is 9.81. The van der Waals surface area contributed by atoms with Crippen LogP contribution in [0.3, 0.4) is 0 Å². The number of carbonyl (C=O) groups is 2. The summed E-state index contributed by atoms with van der Waals surface area (Å²) in [6.45, 7) is 5.83. The van der Waals surface area contributed by atoms with Crippen molar-refractivity contribution in [3.63, 3.8) is 0 Å². The highest BCUT2D eigenvalue weighted by Crippen LogP contribution is 2.28. The summed E-state index contributed by atoms with van der Waals surface area (Å²) in [5.74, 6) is 1.52. The molecule has 0 aliphatic heterocycles. The van der Waals surface area contributed by atoms with Crippen LogP contribution >= 0.6 is 24.0 Å². The summed E-state index contributed by atoms with van der Waals surface area (Å²) in [4.78, 5) is 34.8. The topological polar surface area (TPSA) is 105 Å². The number of carbonyl (C=O) groups excluding carboxylic acids is 2. The van der Waals surface area contributed by atoms with E-state index in [0.29, 0.717) is 40.0 Å². The van der Waals surface area contributed by atoms with Crippen LogP contribution in [0.1, 0.15) is 36.7 Å². The molecule has 8 nitrogen and oxygen atoms in total. The van der Waals surface area contributed by atoms with Gasteiger partial charge in [0.05, 0.1) is 23.2 Å². The van der Waals surface area contributed by atoms with Crippen molar-refractivity contribution in [1.29, 1.82) is 0 Å². The quantitative estimate of drug-likeness (QED) is 0.241. The molecule has 1 aromatic heterocycles. The van der Waals surface area contributed by atoms with E-state index >= 15 is 0 Å². The van der Waals surface area contributed by atoms with Crippen molar-refractivity contribution < 1.29 is 14.3 Å². The number of nitrogens with one attached hydrogen (secondary N) is 3. The highest BCUT2D eigenvalue weighted by molar-refractivity contribution is 6.34. The first-order chi connectivity index (χ1) is 18.1. The van der Waals surface area contributed by atoms with Crippen molar-refractivity contribution in [2.24, 2.45) is 5.41 Å². The maximum atomic E-state index is 13.2. The maximum Gasteiger partial charge on any atom is 0.257 e. The van der Waals surface area contributed by atoms with Crippen LogP contribution in [0, 0.1) is 5.41 Å². The molecule has 0 bridgehead atoms. The summed E-state index contributed by atoms with van der Waals surface area (Å²) < 4.78 is 5.24. The Bertz CT molecular complexity index is 1500. The first-order valence-corrected chi connectivity index (χ1v) is 12.5. The van der Waals surface area contributed by atoms with Crippen molar-refractivity contribution in [3.05, 3.63) is 76.8 Å².